The Kier molecular flexibility index (Phi) is 8.60. The summed E-state index contributed by atoms with van der Waals surface area (Å²) in [6.07, 6.45) is 7.00. The van der Waals surface area contributed by atoms with Crippen molar-refractivity contribution in [3.63, 3.8) is 0 Å². The lowest BCUT2D eigenvalue weighted by molar-refractivity contribution is -0.249. The number of ether oxygens (including phenoxy) is 4. The van der Waals surface area contributed by atoms with Crippen LogP contribution in [0.4, 0.5) is 0 Å². The van der Waals surface area contributed by atoms with Crippen LogP contribution < -0.4 is 11.1 Å². The van der Waals surface area contributed by atoms with Crippen molar-refractivity contribution in [2.45, 2.75) is 161 Å². The highest BCUT2D eigenvalue weighted by atomic mass is 16.7. The second kappa shape index (κ2) is 11.8. The minimum Gasteiger partial charge on any atom is -0.388 e. The molecule has 8 fully saturated rings. The summed E-state index contributed by atoms with van der Waals surface area (Å²) in [4.78, 5) is 2.56. The van der Waals surface area contributed by atoms with Crippen molar-refractivity contribution in [1.29, 1.82) is 0 Å². The highest BCUT2D eigenvalue weighted by molar-refractivity contribution is 5.35. The fourth-order valence-electron chi connectivity index (χ4n) is 14.3. The summed E-state index contributed by atoms with van der Waals surface area (Å²) < 4.78 is 26.4. The van der Waals surface area contributed by atoms with E-state index in [4.69, 9.17) is 24.7 Å². The molecule has 2 spiro atoms. The van der Waals surface area contributed by atoms with E-state index >= 15 is 0 Å². The van der Waals surface area contributed by atoms with Gasteiger partial charge in [0.15, 0.2) is 6.29 Å². The van der Waals surface area contributed by atoms with E-state index in [2.05, 4.69) is 37.9 Å². The first kappa shape index (κ1) is 35.7. The first-order valence-corrected chi connectivity index (χ1v) is 20.3. The van der Waals surface area contributed by atoms with Crippen molar-refractivity contribution in [3.8, 4) is 0 Å². The van der Waals surface area contributed by atoms with Gasteiger partial charge in [-0.15, -0.1) is 0 Å². The Bertz CT molecular complexity index is 1260. The van der Waals surface area contributed by atoms with E-state index in [0.29, 0.717) is 24.5 Å². The largest absolute Gasteiger partial charge is 0.388 e. The molecule has 0 radical (unpaired) electrons. The topological polar surface area (TPSA) is 119 Å². The standard InChI is InChI=1S/C40H69N3O6/c1-9-46-34(37(8,45)23(2)3)26-18-24(4)31-32(48-26)33(44)40(41)28-11-10-27-35(5,6)29(49-30-21-43(16-17-47-30)25-19-42-20-25)12-13-38(27)22-39(28,38)15-14-36(31,40)7/h23-34,42,44-45H,9-22,41H2,1-8H3/t24-,26+,27+,28?,29?,30+,31+,32?,33+,34?,36?,37?,38?,39?,40+/m1/s1. The van der Waals surface area contributed by atoms with Gasteiger partial charge in [0, 0.05) is 38.8 Å². The van der Waals surface area contributed by atoms with Crippen LogP contribution in [0.25, 0.3) is 0 Å². The van der Waals surface area contributed by atoms with Gasteiger partial charge in [0.1, 0.15) is 6.10 Å². The Balaban J connectivity index is 1.03. The number of nitrogens with two attached hydrogens (primary N) is 1. The van der Waals surface area contributed by atoms with Gasteiger partial charge in [0.05, 0.1) is 42.2 Å². The maximum atomic E-state index is 12.6. The van der Waals surface area contributed by atoms with Gasteiger partial charge in [-0.1, -0.05) is 41.5 Å². The van der Waals surface area contributed by atoms with Crippen molar-refractivity contribution >= 4 is 0 Å². The van der Waals surface area contributed by atoms with Gasteiger partial charge in [-0.3, -0.25) is 4.90 Å². The predicted octanol–water partition coefficient (Wildman–Crippen LogP) is 4.32. The Hall–Kier alpha value is -0.360. The van der Waals surface area contributed by atoms with Gasteiger partial charge >= 0.3 is 0 Å². The van der Waals surface area contributed by atoms with Crippen molar-refractivity contribution in [3.05, 3.63) is 0 Å². The molecule has 0 aromatic heterocycles. The predicted molar refractivity (Wildman–Crippen MR) is 189 cm³/mol. The lowest BCUT2D eigenvalue weighted by Gasteiger charge is -2.63. The van der Waals surface area contributed by atoms with Crippen LogP contribution in [-0.2, 0) is 18.9 Å². The Morgan fingerprint density at radius 2 is 1.78 bits per heavy atom. The van der Waals surface area contributed by atoms with Crippen LogP contribution in [-0.4, -0.2) is 108 Å². The number of hydrogen-bond donors (Lipinski definition) is 4. The van der Waals surface area contributed by atoms with E-state index in [1.165, 1.54) is 19.3 Å². The fourth-order valence-corrected chi connectivity index (χ4v) is 14.3. The quantitative estimate of drug-likeness (QED) is 0.296. The van der Waals surface area contributed by atoms with Crippen molar-refractivity contribution in [1.82, 2.24) is 10.2 Å². The number of fused-ring (bicyclic) bond motifs is 4. The number of nitrogens with one attached hydrogen (secondary N) is 1. The molecule has 3 heterocycles. The van der Waals surface area contributed by atoms with Gasteiger partial charge in [-0.05, 0) is 116 Å². The highest BCUT2D eigenvalue weighted by Crippen LogP contribution is 2.87. The zero-order valence-electron chi connectivity index (χ0n) is 31.9. The summed E-state index contributed by atoms with van der Waals surface area (Å²) >= 11 is 0. The second-order valence-corrected chi connectivity index (χ2v) is 19.7. The molecule has 8 unspecified atom stereocenters. The number of aliphatic hydroxyl groups is 2. The van der Waals surface area contributed by atoms with Crippen LogP contribution in [0.3, 0.4) is 0 Å². The summed E-state index contributed by atoms with van der Waals surface area (Å²) in [5.41, 5.74) is 6.45. The number of morpholine rings is 1. The Morgan fingerprint density at radius 1 is 1.06 bits per heavy atom. The average Bonchev–Trinajstić information content (AvgIpc) is 3.65. The van der Waals surface area contributed by atoms with Crippen LogP contribution in [0.5, 0.6) is 0 Å². The molecule has 15 atom stereocenters. The monoisotopic (exact) mass is 688 g/mol. The first-order chi connectivity index (χ1) is 23.1. The van der Waals surface area contributed by atoms with E-state index in [9.17, 15) is 10.2 Å². The molecule has 5 saturated carbocycles. The van der Waals surface area contributed by atoms with E-state index in [1.54, 1.807) is 0 Å². The van der Waals surface area contributed by atoms with Crippen molar-refractivity contribution < 1.29 is 29.2 Å². The van der Waals surface area contributed by atoms with Crippen LogP contribution in [0.2, 0.25) is 0 Å². The Labute approximate surface area is 296 Å². The van der Waals surface area contributed by atoms with E-state index in [-0.39, 0.29) is 64.0 Å². The molecule has 9 nitrogen and oxygen atoms in total. The molecule has 0 aromatic rings. The number of nitrogens with zero attached hydrogens (tertiary/aromatic N) is 1. The Morgan fingerprint density at radius 3 is 2.45 bits per heavy atom. The van der Waals surface area contributed by atoms with Crippen molar-refractivity contribution in [2.75, 3.05) is 39.4 Å². The molecular weight excluding hydrogens is 618 g/mol. The molecule has 8 aliphatic rings. The number of aliphatic hydroxyl groups excluding tert-OH is 1. The SMILES string of the molecule is CCOC([C@@H]1C[C@@H](C)[C@H]2C(O1)[C@H](O)[C@@]1(N)C3CC[C@H]4C(C)(C)C(O[C@H]5CN(C6CNC6)CCO5)CCC45CC35CCC21C)C(C)(O)C(C)C. The third kappa shape index (κ3) is 4.74. The molecule has 5 aliphatic carbocycles. The van der Waals surface area contributed by atoms with E-state index in [1.807, 2.05) is 27.7 Å². The third-order valence-corrected chi connectivity index (χ3v) is 17.3. The maximum absolute atomic E-state index is 12.6. The van der Waals surface area contributed by atoms with Crippen LogP contribution >= 0.6 is 0 Å². The third-order valence-electron chi connectivity index (χ3n) is 17.3. The molecule has 5 N–H and O–H groups in total. The molecule has 0 aromatic carbocycles. The van der Waals surface area contributed by atoms with Crippen LogP contribution in [0, 0.1) is 51.2 Å². The number of rotatable bonds is 8. The summed E-state index contributed by atoms with van der Waals surface area (Å²) in [6, 6.07) is 0.620. The van der Waals surface area contributed by atoms with Gasteiger partial charge in [-0.2, -0.15) is 0 Å². The van der Waals surface area contributed by atoms with Crippen LogP contribution in [0.15, 0.2) is 0 Å². The van der Waals surface area contributed by atoms with Gasteiger partial charge < -0.3 is 40.2 Å². The summed E-state index contributed by atoms with van der Waals surface area (Å²) in [5, 5.41) is 27.6. The summed E-state index contributed by atoms with van der Waals surface area (Å²) in [7, 11) is 0. The molecule has 8 rings (SSSR count). The molecule has 9 heteroatoms. The summed E-state index contributed by atoms with van der Waals surface area (Å²) in [6.45, 7) is 22.9. The maximum Gasteiger partial charge on any atom is 0.170 e. The molecule has 49 heavy (non-hydrogen) atoms. The van der Waals surface area contributed by atoms with E-state index in [0.717, 1.165) is 64.9 Å². The molecule has 0 amide bonds. The zero-order valence-corrected chi connectivity index (χ0v) is 31.9. The molecule has 3 aliphatic heterocycles. The fraction of sp³-hybridized carbons (Fsp3) is 1.00. The van der Waals surface area contributed by atoms with Gasteiger partial charge in [0.25, 0.3) is 0 Å². The molecule has 0 bridgehead atoms. The summed E-state index contributed by atoms with van der Waals surface area (Å²) in [5.74, 6) is 1.38. The smallest absolute Gasteiger partial charge is 0.170 e. The lowest BCUT2D eigenvalue weighted by Crippen LogP contribution is -2.70. The zero-order chi connectivity index (χ0) is 34.9. The average molecular weight is 688 g/mol. The highest BCUT2D eigenvalue weighted by Gasteiger charge is 2.85. The number of hydrogen-bond acceptors (Lipinski definition) is 9. The normalized spacial score (nSPS) is 52.5. The van der Waals surface area contributed by atoms with Gasteiger partial charge in [0.2, 0.25) is 0 Å². The second-order valence-electron chi connectivity index (χ2n) is 19.7. The van der Waals surface area contributed by atoms with Gasteiger partial charge in [-0.25, -0.2) is 0 Å². The first-order valence-electron chi connectivity index (χ1n) is 20.3. The molecule has 3 saturated heterocycles. The molecular formula is C40H69N3O6. The van der Waals surface area contributed by atoms with E-state index < -0.39 is 23.3 Å². The minimum absolute atomic E-state index is 0.00994. The molecule has 280 valence electrons. The minimum atomic E-state index is -1.04. The lowest BCUT2D eigenvalue weighted by atomic mass is 9.43. The van der Waals surface area contributed by atoms with Crippen LogP contribution in [0.1, 0.15) is 107 Å². The van der Waals surface area contributed by atoms with Crippen molar-refractivity contribution in [2.24, 2.45) is 57.0 Å².